The lowest BCUT2D eigenvalue weighted by Crippen LogP contribution is -2.40. The van der Waals surface area contributed by atoms with Gasteiger partial charge < -0.3 is 14.9 Å². The van der Waals surface area contributed by atoms with Gasteiger partial charge in [0.1, 0.15) is 5.82 Å². The Morgan fingerprint density at radius 1 is 1.27 bits per heavy atom. The Kier molecular flexibility index (Phi) is 6.19. The van der Waals surface area contributed by atoms with E-state index in [1.165, 1.54) is 31.4 Å². The van der Waals surface area contributed by atoms with Gasteiger partial charge in [0.15, 0.2) is 0 Å². The lowest BCUT2D eigenvalue weighted by atomic mass is 10.1. The van der Waals surface area contributed by atoms with E-state index in [-0.39, 0.29) is 5.82 Å². The van der Waals surface area contributed by atoms with Gasteiger partial charge >= 0.3 is 5.97 Å². The number of aliphatic carboxylic acids is 1. The fourth-order valence-corrected chi connectivity index (χ4v) is 2.83. The van der Waals surface area contributed by atoms with Crippen LogP contribution in [-0.4, -0.2) is 48.7 Å². The van der Waals surface area contributed by atoms with Gasteiger partial charge in [0.2, 0.25) is 0 Å². The number of carboxylic acid groups (broad SMARTS) is 1. The summed E-state index contributed by atoms with van der Waals surface area (Å²) >= 11 is 0. The third-order valence-corrected chi connectivity index (χ3v) is 4.24. The van der Waals surface area contributed by atoms with E-state index in [4.69, 9.17) is 5.11 Å². The van der Waals surface area contributed by atoms with Crippen molar-refractivity contribution < 1.29 is 14.3 Å². The van der Waals surface area contributed by atoms with Gasteiger partial charge in [-0.05, 0) is 50.2 Å². The maximum atomic E-state index is 13.1. The molecular weight excluding hydrogens is 283 g/mol. The highest BCUT2D eigenvalue weighted by atomic mass is 19.1. The number of likely N-dealkylation sites (tertiary alicyclic amines) is 1. The molecule has 1 aliphatic rings. The van der Waals surface area contributed by atoms with E-state index in [1.807, 2.05) is 4.90 Å². The van der Waals surface area contributed by atoms with Crippen molar-refractivity contribution in [2.24, 2.45) is 5.92 Å². The fourth-order valence-electron chi connectivity index (χ4n) is 2.83. The molecule has 1 unspecified atom stereocenters. The molecule has 1 aromatic carbocycles. The van der Waals surface area contributed by atoms with Crippen molar-refractivity contribution in [2.75, 3.05) is 37.6 Å². The van der Waals surface area contributed by atoms with E-state index in [0.29, 0.717) is 6.54 Å². The summed E-state index contributed by atoms with van der Waals surface area (Å²) in [5.74, 6) is -1.53. The first kappa shape index (κ1) is 16.7. The molecule has 122 valence electrons. The molecule has 5 heteroatoms. The SMILES string of the molecule is CC(CN(CCN1CCCCC1)c1ccc(F)cc1)C(=O)O. The average molecular weight is 308 g/mol. The second kappa shape index (κ2) is 8.13. The molecule has 0 amide bonds. The zero-order valence-electron chi connectivity index (χ0n) is 13.2. The minimum atomic E-state index is -0.801. The quantitative estimate of drug-likeness (QED) is 0.841. The lowest BCUT2D eigenvalue weighted by molar-refractivity contribution is -0.140. The second-order valence-corrected chi connectivity index (χ2v) is 6.06. The number of rotatable bonds is 7. The number of carboxylic acids is 1. The second-order valence-electron chi connectivity index (χ2n) is 6.06. The minimum Gasteiger partial charge on any atom is -0.481 e. The van der Waals surface area contributed by atoms with Crippen LogP contribution in [-0.2, 0) is 4.79 Å². The first-order chi connectivity index (χ1) is 10.6. The van der Waals surface area contributed by atoms with Crippen LogP contribution in [0.15, 0.2) is 24.3 Å². The van der Waals surface area contributed by atoms with E-state index in [2.05, 4.69) is 4.90 Å². The van der Waals surface area contributed by atoms with Crippen LogP contribution in [0.1, 0.15) is 26.2 Å². The van der Waals surface area contributed by atoms with Crippen LogP contribution >= 0.6 is 0 Å². The van der Waals surface area contributed by atoms with Gasteiger partial charge in [0, 0.05) is 25.3 Å². The molecule has 0 radical (unpaired) electrons. The monoisotopic (exact) mass is 308 g/mol. The van der Waals surface area contributed by atoms with Crippen LogP contribution in [0.4, 0.5) is 10.1 Å². The van der Waals surface area contributed by atoms with Crippen molar-refractivity contribution in [2.45, 2.75) is 26.2 Å². The normalized spacial score (nSPS) is 17.2. The molecule has 0 bridgehead atoms. The van der Waals surface area contributed by atoms with Crippen molar-refractivity contribution in [1.29, 1.82) is 0 Å². The molecule has 4 nitrogen and oxygen atoms in total. The van der Waals surface area contributed by atoms with Crippen molar-refractivity contribution >= 4 is 11.7 Å². The molecule has 2 rings (SSSR count). The van der Waals surface area contributed by atoms with Gasteiger partial charge in [-0.15, -0.1) is 0 Å². The maximum Gasteiger partial charge on any atom is 0.308 e. The smallest absolute Gasteiger partial charge is 0.308 e. The summed E-state index contributed by atoms with van der Waals surface area (Å²) in [5, 5.41) is 9.14. The number of halogens is 1. The van der Waals surface area contributed by atoms with Crippen molar-refractivity contribution in [1.82, 2.24) is 4.90 Å². The zero-order chi connectivity index (χ0) is 15.9. The first-order valence-electron chi connectivity index (χ1n) is 8.02. The highest BCUT2D eigenvalue weighted by Gasteiger charge is 2.18. The summed E-state index contributed by atoms with van der Waals surface area (Å²) < 4.78 is 13.1. The van der Waals surface area contributed by atoms with Crippen molar-refractivity contribution in [3.63, 3.8) is 0 Å². The molecule has 0 aliphatic carbocycles. The third kappa shape index (κ3) is 4.98. The Bertz CT molecular complexity index is 472. The summed E-state index contributed by atoms with van der Waals surface area (Å²) in [7, 11) is 0. The van der Waals surface area contributed by atoms with Crippen LogP contribution in [0.3, 0.4) is 0 Å². The van der Waals surface area contributed by atoms with E-state index in [1.54, 1.807) is 19.1 Å². The molecular formula is C17H25FN2O2. The summed E-state index contributed by atoms with van der Waals surface area (Å²) in [4.78, 5) is 15.6. The molecule has 0 saturated carbocycles. The molecule has 1 heterocycles. The average Bonchev–Trinajstić information content (AvgIpc) is 2.53. The number of carbonyl (C=O) groups is 1. The summed E-state index contributed by atoms with van der Waals surface area (Å²) in [6.45, 7) is 6.07. The molecule has 0 spiro atoms. The van der Waals surface area contributed by atoms with Crippen LogP contribution in [0.25, 0.3) is 0 Å². The Hall–Kier alpha value is -1.62. The summed E-state index contributed by atoms with van der Waals surface area (Å²) in [5.41, 5.74) is 0.881. The molecule has 0 aromatic heterocycles. The minimum absolute atomic E-state index is 0.272. The fraction of sp³-hybridized carbons (Fsp3) is 0.588. The van der Waals surface area contributed by atoms with Gasteiger partial charge in [-0.25, -0.2) is 4.39 Å². The predicted molar refractivity (Wildman–Crippen MR) is 85.7 cm³/mol. The van der Waals surface area contributed by atoms with Gasteiger partial charge in [0.05, 0.1) is 5.92 Å². The Balaban J connectivity index is 2.00. The number of benzene rings is 1. The zero-order valence-corrected chi connectivity index (χ0v) is 13.2. The first-order valence-corrected chi connectivity index (χ1v) is 8.02. The highest BCUT2D eigenvalue weighted by Crippen LogP contribution is 2.17. The summed E-state index contributed by atoms with van der Waals surface area (Å²) in [6.07, 6.45) is 3.78. The maximum absolute atomic E-state index is 13.1. The van der Waals surface area contributed by atoms with Crippen molar-refractivity contribution in [3.05, 3.63) is 30.1 Å². The van der Waals surface area contributed by atoms with E-state index >= 15 is 0 Å². The molecule has 1 N–H and O–H groups in total. The lowest BCUT2D eigenvalue weighted by Gasteiger charge is -2.32. The number of anilines is 1. The molecule has 1 aliphatic heterocycles. The van der Waals surface area contributed by atoms with Crippen molar-refractivity contribution in [3.8, 4) is 0 Å². The van der Waals surface area contributed by atoms with E-state index < -0.39 is 11.9 Å². The number of piperidine rings is 1. The van der Waals surface area contributed by atoms with E-state index in [9.17, 15) is 9.18 Å². The summed E-state index contributed by atoms with van der Waals surface area (Å²) in [6, 6.07) is 6.30. The molecule has 1 aromatic rings. The highest BCUT2D eigenvalue weighted by molar-refractivity contribution is 5.70. The predicted octanol–water partition coefficient (Wildman–Crippen LogP) is 2.84. The third-order valence-electron chi connectivity index (χ3n) is 4.24. The Morgan fingerprint density at radius 2 is 1.91 bits per heavy atom. The van der Waals surface area contributed by atoms with Gasteiger partial charge in [-0.2, -0.15) is 0 Å². The number of nitrogens with zero attached hydrogens (tertiary/aromatic N) is 2. The van der Waals surface area contributed by atoms with Crippen LogP contribution in [0.2, 0.25) is 0 Å². The van der Waals surface area contributed by atoms with Gasteiger partial charge in [0.25, 0.3) is 0 Å². The standard InChI is InChI=1S/C17H25FN2O2/c1-14(17(21)22)13-20(16-7-5-15(18)6-8-16)12-11-19-9-3-2-4-10-19/h5-8,14H,2-4,9-13H2,1H3,(H,21,22). The Labute approximate surface area is 131 Å². The van der Waals surface area contributed by atoms with Crippen LogP contribution < -0.4 is 4.90 Å². The molecule has 22 heavy (non-hydrogen) atoms. The van der Waals surface area contributed by atoms with Gasteiger partial charge in [-0.3, -0.25) is 4.79 Å². The van der Waals surface area contributed by atoms with Crippen LogP contribution in [0.5, 0.6) is 0 Å². The molecule has 1 atom stereocenters. The van der Waals surface area contributed by atoms with E-state index in [0.717, 1.165) is 31.9 Å². The number of hydrogen-bond acceptors (Lipinski definition) is 3. The molecule has 1 fully saturated rings. The van der Waals surface area contributed by atoms with Crippen LogP contribution in [0, 0.1) is 11.7 Å². The number of hydrogen-bond donors (Lipinski definition) is 1. The largest absolute Gasteiger partial charge is 0.481 e. The molecule has 1 saturated heterocycles. The Morgan fingerprint density at radius 3 is 2.50 bits per heavy atom. The van der Waals surface area contributed by atoms with Gasteiger partial charge in [-0.1, -0.05) is 13.3 Å². The topological polar surface area (TPSA) is 43.8 Å².